The molecule has 0 saturated carbocycles. The first-order valence-corrected chi connectivity index (χ1v) is 7.08. The lowest BCUT2D eigenvalue weighted by molar-refractivity contribution is 0.205. The van der Waals surface area contributed by atoms with Crippen LogP contribution in [0.1, 0.15) is 12.8 Å². The summed E-state index contributed by atoms with van der Waals surface area (Å²) in [7, 11) is 2.15. The van der Waals surface area contributed by atoms with Gasteiger partial charge in [0.25, 0.3) is 0 Å². The Hall–Kier alpha value is -1.26. The average molecular weight is 280 g/mol. The molecule has 4 nitrogen and oxygen atoms in total. The van der Waals surface area contributed by atoms with Gasteiger partial charge in [0.1, 0.15) is 0 Å². The molecular weight excluding hydrogens is 262 g/mol. The third-order valence-electron chi connectivity index (χ3n) is 4.02. The maximum atomic E-state index is 12.0. The highest BCUT2D eigenvalue weighted by molar-refractivity contribution is 6.31. The summed E-state index contributed by atoms with van der Waals surface area (Å²) < 4.78 is 1.85. The van der Waals surface area contributed by atoms with Crippen LogP contribution in [0.4, 0.5) is 0 Å². The fraction of sp³-hybridized carbons (Fsp3) is 0.500. The van der Waals surface area contributed by atoms with Gasteiger partial charge in [0.2, 0.25) is 0 Å². The second-order valence-corrected chi connectivity index (χ2v) is 5.89. The van der Waals surface area contributed by atoms with E-state index in [-0.39, 0.29) is 5.69 Å². The van der Waals surface area contributed by atoms with Crippen molar-refractivity contribution in [2.24, 2.45) is 5.92 Å². The van der Waals surface area contributed by atoms with Gasteiger partial charge in [-0.25, -0.2) is 4.79 Å². The van der Waals surface area contributed by atoms with Gasteiger partial charge in [-0.05, 0) is 57.1 Å². The molecule has 0 radical (unpaired) electrons. The van der Waals surface area contributed by atoms with Crippen molar-refractivity contribution in [3.05, 3.63) is 33.7 Å². The van der Waals surface area contributed by atoms with Crippen molar-refractivity contribution in [1.82, 2.24) is 14.5 Å². The predicted octanol–water partition coefficient (Wildman–Crippen LogP) is 2.32. The molecule has 1 aromatic carbocycles. The average Bonchev–Trinajstić information content (AvgIpc) is 2.68. The van der Waals surface area contributed by atoms with Gasteiger partial charge in [0.15, 0.2) is 0 Å². The number of imidazole rings is 1. The minimum atomic E-state index is -0.0313. The number of hydrogen-bond acceptors (Lipinski definition) is 2. The Labute approximate surface area is 117 Å². The number of H-pyrrole nitrogens is 1. The normalized spacial score (nSPS) is 18.2. The smallest absolute Gasteiger partial charge is 0.306 e. The van der Waals surface area contributed by atoms with E-state index in [0.717, 1.165) is 43.5 Å². The lowest BCUT2D eigenvalue weighted by Crippen LogP contribution is -2.33. The quantitative estimate of drug-likeness (QED) is 0.917. The minimum absolute atomic E-state index is 0.0313. The number of halogens is 1. The molecule has 0 atom stereocenters. The van der Waals surface area contributed by atoms with Gasteiger partial charge in [-0.2, -0.15) is 0 Å². The van der Waals surface area contributed by atoms with E-state index in [0.29, 0.717) is 10.9 Å². The molecule has 0 aliphatic carbocycles. The number of nitrogens with zero attached hydrogens (tertiary/aromatic N) is 2. The first-order valence-electron chi connectivity index (χ1n) is 6.70. The van der Waals surface area contributed by atoms with E-state index in [4.69, 9.17) is 11.6 Å². The molecule has 102 valence electrons. The zero-order valence-electron chi connectivity index (χ0n) is 11.0. The standard InChI is InChI=1S/C14H18ClN3O/c1-17-6-4-10(5-7-17)9-18-13-3-2-11(15)8-12(13)16-14(18)19/h2-3,8,10H,4-7,9H2,1H3,(H,16,19). The number of benzene rings is 1. The summed E-state index contributed by atoms with van der Waals surface area (Å²) in [4.78, 5) is 17.3. The summed E-state index contributed by atoms with van der Waals surface area (Å²) in [5.41, 5.74) is 1.75. The molecule has 1 N–H and O–H groups in total. The molecule has 0 bridgehead atoms. The first-order chi connectivity index (χ1) is 9.13. The fourth-order valence-electron chi connectivity index (χ4n) is 2.82. The van der Waals surface area contributed by atoms with Crippen molar-refractivity contribution in [2.75, 3.05) is 20.1 Å². The van der Waals surface area contributed by atoms with Crippen molar-refractivity contribution < 1.29 is 0 Å². The number of nitrogens with one attached hydrogen (secondary N) is 1. The number of aromatic amines is 1. The van der Waals surface area contributed by atoms with E-state index >= 15 is 0 Å². The molecule has 19 heavy (non-hydrogen) atoms. The first kappa shape index (κ1) is 12.8. The van der Waals surface area contributed by atoms with E-state index in [1.165, 1.54) is 0 Å². The van der Waals surface area contributed by atoms with Crippen LogP contribution in [0.5, 0.6) is 0 Å². The molecule has 1 aliphatic heterocycles. The van der Waals surface area contributed by atoms with Crippen LogP contribution in [-0.4, -0.2) is 34.6 Å². The number of piperidine rings is 1. The van der Waals surface area contributed by atoms with Crippen LogP contribution >= 0.6 is 11.6 Å². The second-order valence-electron chi connectivity index (χ2n) is 5.45. The highest BCUT2D eigenvalue weighted by Crippen LogP contribution is 2.21. The van der Waals surface area contributed by atoms with E-state index < -0.39 is 0 Å². The largest absolute Gasteiger partial charge is 0.326 e. The molecule has 0 amide bonds. The third-order valence-corrected chi connectivity index (χ3v) is 4.25. The molecule has 1 fully saturated rings. The van der Waals surface area contributed by atoms with Crippen LogP contribution in [0.2, 0.25) is 5.02 Å². The molecule has 2 aromatic rings. The van der Waals surface area contributed by atoms with Crippen molar-refractivity contribution in [2.45, 2.75) is 19.4 Å². The Bertz CT molecular complexity index is 638. The van der Waals surface area contributed by atoms with Crippen LogP contribution in [-0.2, 0) is 6.54 Å². The van der Waals surface area contributed by atoms with Crippen molar-refractivity contribution in [3.63, 3.8) is 0 Å². The Kier molecular flexibility index (Phi) is 3.37. The van der Waals surface area contributed by atoms with Crippen LogP contribution in [0, 0.1) is 5.92 Å². The molecule has 5 heteroatoms. The number of fused-ring (bicyclic) bond motifs is 1. The maximum Gasteiger partial charge on any atom is 0.326 e. The van der Waals surface area contributed by atoms with Gasteiger partial charge >= 0.3 is 5.69 Å². The summed E-state index contributed by atoms with van der Waals surface area (Å²) in [6, 6.07) is 5.57. The molecule has 0 spiro atoms. The SMILES string of the molecule is CN1CCC(Cn2c(=O)[nH]c3cc(Cl)ccc32)CC1. The Morgan fingerprint density at radius 3 is 2.84 bits per heavy atom. The van der Waals surface area contributed by atoms with Gasteiger partial charge in [-0.1, -0.05) is 11.6 Å². The summed E-state index contributed by atoms with van der Waals surface area (Å²) >= 11 is 5.95. The van der Waals surface area contributed by atoms with Crippen molar-refractivity contribution in [3.8, 4) is 0 Å². The highest BCUT2D eigenvalue weighted by atomic mass is 35.5. The van der Waals surface area contributed by atoms with E-state index in [2.05, 4.69) is 16.9 Å². The predicted molar refractivity (Wildman–Crippen MR) is 77.8 cm³/mol. The Morgan fingerprint density at radius 1 is 1.37 bits per heavy atom. The molecule has 0 unspecified atom stereocenters. The van der Waals surface area contributed by atoms with Gasteiger partial charge in [-0.3, -0.25) is 4.57 Å². The van der Waals surface area contributed by atoms with Gasteiger partial charge in [0, 0.05) is 11.6 Å². The fourth-order valence-corrected chi connectivity index (χ4v) is 2.99. The molecule has 1 aromatic heterocycles. The van der Waals surface area contributed by atoms with Crippen LogP contribution in [0.15, 0.2) is 23.0 Å². The maximum absolute atomic E-state index is 12.0. The van der Waals surface area contributed by atoms with E-state index in [9.17, 15) is 4.79 Å². The molecular formula is C14H18ClN3O. The lowest BCUT2D eigenvalue weighted by atomic mass is 9.97. The zero-order valence-corrected chi connectivity index (χ0v) is 11.8. The monoisotopic (exact) mass is 279 g/mol. The lowest BCUT2D eigenvalue weighted by Gasteiger charge is -2.28. The number of aromatic nitrogens is 2. The Balaban J connectivity index is 1.88. The van der Waals surface area contributed by atoms with Crippen LogP contribution < -0.4 is 5.69 Å². The van der Waals surface area contributed by atoms with E-state index in [1.807, 2.05) is 22.8 Å². The summed E-state index contributed by atoms with van der Waals surface area (Å²) in [6.07, 6.45) is 2.31. The molecule has 1 saturated heterocycles. The third kappa shape index (κ3) is 2.55. The Morgan fingerprint density at radius 2 is 2.11 bits per heavy atom. The summed E-state index contributed by atoms with van der Waals surface area (Å²) in [5.74, 6) is 0.587. The summed E-state index contributed by atoms with van der Waals surface area (Å²) in [6.45, 7) is 3.04. The molecule has 1 aliphatic rings. The zero-order chi connectivity index (χ0) is 13.4. The van der Waals surface area contributed by atoms with Crippen LogP contribution in [0.25, 0.3) is 11.0 Å². The van der Waals surface area contributed by atoms with E-state index in [1.54, 1.807) is 0 Å². The number of rotatable bonds is 2. The van der Waals surface area contributed by atoms with Crippen LogP contribution in [0.3, 0.4) is 0 Å². The highest BCUT2D eigenvalue weighted by Gasteiger charge is 2.19. The van der Waals surface area contributed by atoms with Gasteiger partial charge in [0.05, 0.1) is 11.0 Å². The topological polar surface area (TPSA) is 41.0 Å². The van der Waals surface area contributed by atoms with Crippen molar-refractivity contribution in [1.29, 1.82) is 0 Å². The molecule has 3 rings (SSSR count). The second kappa shape index (κ2) is 5.02. The molecule has 2 heterocycles. The van der Waals surface area contributed by atoms with Gasteiger partial charge in [-0.15, -0.1) is 0 Å². The number of likely N-dealkylation sites (tertiary alicyclic amines) is 1. The summed E-state index contributed by atoms with van der Waals surface area (Å²) in [5, 5.41) is 0.653. The number of hydrogen-bond donors (Lipinski definition) is 1. The minimum Gasteiger partial charge on any atom is -0.306 e. The van der Waals surface area contributed by atoms with Crippen molar-refractivity contribution >= 4 is 22.6 Å². The van der Waals surface area contributed by atoms with Gasteiger partial charge < -0.3 is 9.88 Å².